The second kappa shape index (κ2) is 9.34. The largest absolute Gasteiger partial charge is 0.493 e. The summed E-state index contributed by atoms with van der Waals surface area (Å²) in [6.07, 6.45) is 0. The maximum Gasteiger partial charge on any atom is 0.255 e. The molecular weight excluding hydrogens is 398 g/mol. The van der Waals surface area contributed by atoms with Gasteiger partial charge >= 0.3 is 0 Å². The highest BCUT2D eigenvalue weighted by atomic mass is 16.5. The molecule has 162 valence electrons. The van der Waals surface area contributed by atoms with Gasteiger partial charge in [-0.3, -0.25) is 9.59 Å². The molecule has 0 saturated heterocycles. The van der Waals surface area contributed by atoms with Crippen LogP contribution in [-0.4, -0.2) is 24.1 Å². The van der Waals surface area contributed by atoms with Gasteiger partial charge in [0.15, 0.2) is 11.5 Å². The zero-order chi connectivity index (χ0) is 22.5. The summed E-state index contributed by atoms with van der Waals surface area (Å²) in [5.74, 6) is 1.05. The third-order valence-electron chi connectivity index (χ3n) is 4.71. The Labute approximate surface area is 180 Å². The van der Waals surface area contributed by atoms with Crippen molar-refractivity contribution in [3.8, 4) is 11.5 Å². The normalized spacial score (nSPS) is 10.5. The molecule has 8 nitrogen and oxygen atoms in total. The fourth-order valence-electron chi connectivity index (χ4n) is 3.04. The zero-order valence-electron chi connectivity index (χ0n) is 18.2. The second-order valence-electron chi connectivity index (χ2n) is 7.14. The van der Waals surface area contributed by atoms with Crippen LogP contribution >= 0.6 is 0 Å². The Morgan fingerprint density at radius 3 is 2.42 bits per heavy atom. The molecule has 0 aliphatic carbocycles. The van der Waals surface area contributed by atoms with Gasteiger partial charge in [-0.15, -0.1) is 0 Å². The minimum atomic E-state index is -0.340. The van der Waals surface area contributed by atoms with Crippen LogP contribution in [-0.2, 0) is 11.4 Å². The number of amides is 2. The van der Waals surface area contributed by atoms with Gasteiger partial charge in [0.2, 0.25) is 5.91 Å². The number of nitrogens with zero attached hydrogens (tertiary/aromatic N) is 1. The monoisotopic (exact) mass is 423 g/mol. The topological polar surface area (TPSA) is 103 Å². The van der Waals surface area contributed by atoms with Crippen molar-refractivity contribution in [2.75, 3.05) is 17.7 Å². The van der Waals surface area contributed by atoms with Crippen molar-refractivity contribution in [2.24, 2.45) is 0 Å². The minimum Gasteiger partial charge on any atom is -0.493 e. The van der Waals surface area contributed by atoms with E-state index in [4.69, 9.17) is 14.0 Å². The summed E-state index contributed by atoms with van der Waals surface area (Å²) in [6, 6.07) is 10.3. The van der Waals surface area contributed by atoms with Gasteiger partial charge in [-0.25, -0.2) is 0 Å². The Hall–Kier alpha value is -3.81. The molecule has 2 N–H and O–H groups in total. The molecule has 0 atom stereocenters. The van der Waals surface area contributed by atoms with Crippen molar-refractivity contribution in [3.05, 3.63) is 64.5 Å². The van der Waals surface area contributed by atoms with Crippen LogP contribution in [0.2, 0.25) is 0 Å². The molecule has 31 heavy (non-hydrogen) atoms. The molecule has 8 heteroatoms. The first-order valence-corrected chi connectivity index (χ1v) is 9.70. The summed E-state index contributed by atoms with van der Waals surface area (Å²) < 4.78 is 16.4. The van der Waals surface area contributed by atoms with Crippen molar-refractivity contribution < 1.29 is 23.6 Å². The fraction of sp³-hybridized carbons (Fsp3) is 0.261. The summed E-state index contributed by atoms with van der Waals surface area (Å²) in [4.78, 5) is 24.3. The Morgan fingerprint density at radius 2 is 1.77 bits per heavy atom. The number of aryl methyl sites for hydroxylation is 3. The lowest BCUT2D eigenvalue weighted by Crippen LogP contribution is -2.15. The van der Waals surface area contributed by atoms with Crippen molar-refractivity contribution in [1.82, 2.24) is 5.16 Å². The highest BCUT2D eigenvalue weighted by Gasteiger charge is 2.15. The number of carbonyl (C=O) groups is 2. The first kappa shape index (κ1) is 21.9. The second-order valence-corrected chi connectivity index (χ2v) is 7.14. The van der Waals surface area contributed by atoms with Crippen LogP contribution in [0.25, 0.3) is 0 Å². The standard InChI is InChI=1S/C23H25N3O5/c1-13-6-8-19(24-16(4)27)20(10-13)25-23(28)17-7-9-21(22(11-17)29-5)30-12-18-14(2)26-31-15(18)3/h6-11H,12H2,1-5H3,(H,24,27)(H,25,28). The molecule has 0 fully saturated rings. The van der Waals surface area contributed by atoms with Gasteiger partial charge in [0, 0.05) is 12.5 Å². The van der Waals surface area contributed by atoms with E-state index < -0.39 is 0 Å². The van der Waals surface area contributed by atoms with E-state index in [0.29, 0.717) is 34.2 Å². The zero-order valence-corrected chi connectivity index (χ0v) is 18.2. The Balaban J connectivity index is 1.78. The van der Waals surface area contributed by atoms with Crippen LogP contribution in [0.5, 0.6) is 11.5 Å². The van der Waals surface area contributed by atoms with Crippen LogP contribution in [0.1, 0.15) is 39.9 Å². The number of ether oxygens (including phenoxy) is 2. The molecule has 0 spiro atoms. The number of carbonyl (C=O) groups excluding carboxylic acids is 2. The smallest absolute Gasteiger partial charge is 0.255 e. The Kier molecular flexibility index (Phi) is 6.59. The van der Waals surface area contributed by atoms with Crippen LogP contribution in [0.4, 0.5) is 11.4 Å². The molecule has 2 amide bonds. The molecule has 1 heterocycles. The molecule has 0 bridgehead atoms. The van der Waals surface area contributed by atoms with E-state index in [2.05, 4.69) is 15.8 Å². The Bertz CT molecular complexity index is 1100. The Morgan fingerprint density at radius 1 is 1.00 bits per heavy atom. The van der Waals surface area contributed by atoms with Crippen molar-refractivity contribution in [1.29, 1.82) is 0 Å². The molecule has 3 rings (SSSR count). The minimum absolute atomic E-state index is 0.221. The lowest BCUT2D eigenvalue weighted by molar-refractivity contribution is -0.114. The molecule has 0 aliphatic rings. The van der Waals surface area contributed by atoms with Gasteiger partial charge in [-0.05, 0) is 56.7 Å². The van der Waals surface area contributed by atoms with E-state index in [-0.39, 0.29) is 18.4 Å². The summed E-state index contributed by atoms with van der Waals surface area (Å²) in [7, 11) is 1.51. The van der Waals surface area contributed by atoms with Crippen LogP contribution < -0.4 is 20.1 Å². The number of hydrogen-bond acceptors (Lipinski definition) is 6. The lowest BCUT2D eigenvalue weighted by atomic mass is 10.1. The van der Waals surface area contributed by atoms with Gasteiger partial charge in [-0.2, -0.15) is 0 Å². The molecular formula is C23H25N3O5. The summed E-state index contributed by atoms with van der Waals surface area (Å²) in [5.41, 5.74) is 4.01. The van der Waals surface area contributed by atoms with E-state index in [1.807, 2.05) is 26.8 Å². The average Bonchev–Trinajstić information content (AvgIpc) is 3.05. The molecule has 0 radical (unpaired) electrons. The highest BCUT2D eigenvalue weighted by Crippen LogP contribution is 2.30. The quantitative estimate of drug-likeness (QED) is 0.584. The number of benzene rings is 2. The number of nitrogens with one attached hydrogen (secondary N) is 2. The van der Waals surface area contributed by atoms with E-state index in [0.717, 1.165) is 16.8 Å². The fourth-order valence-corrected chi connectivity index (χ4v) is 3.04. The third kappa shape index (κ3) is 5.22. The molecule has 0 unspecified atom stereocenters. The van der Waals surface area contributed by atoms with Gasteiger partial charge in [0.1, 0.15) is 12.4 Å². The predicted molar refractivity (Wildman–Crippen MR) is 117 cm³/mol. The molecule has 3 aromatic rings. The number of hydrogen-bond donors (Lipinski definition) is 2. The maximum absolute atomic E-state index is 12.8. The molecule has 1 aromatic heterocycles. The van der Waals surface area contributed by atoms with Crippen molar-refractivity contribution in [2.45, 2.75) is 34.3 Å². The molecule has 2 aromatic carbocycles. The summed E-state index contributed by atoms with van der Waals surface area (Å²) in [5, 5.41) is 9.47. The van der Waals surface area contributed by atoms with Gasteiger partial charge in [-0.1, -0.05) is 11.2 Å². The van der Waals surface area contributed by atoms with Crippen LogP contribution in [0, 0.1) is 20.8 Å². The summed E-state index contributed by atoms with van der Waals surface area (Å²) in [6.45, 7) is 7.26. The summed E-state index contributed by atoms with van der Waals surface area (Å²) >= 11 is 0. The lowest BCUT2D eigenvalue weighted by Gasteiger charge is -2.14. The van der Waals surface area contributed by atoms with E-state index in [1.165, 1.54) is 14.0 Å². The van der Waals surface area contributed by atoms with Gasteiger partial charge in [0.25, 0.3) is 5.91 Å². The van der Waals surface area contributed by atoms with Gasteiger partial charge in [0.05, 0.1) is 29.7 Å². The number of aromatic nitrogens is 1. The predicted octanol–water partition coefficient (Wildman–Crippen LogP) is 4.40. The molecule has 0 saturated carbocycles. The van der Waals surface area contributed by atoms with E-state index in [9.17, 15) is 9.59 Å². The van der Waals surface area contributed by atoms with Crippen LogP contribution in [0.15, 0.2) is 40.9 Å². The van der Waals surface area contributed by atoms with E-state index in [1.54, 1.807) is 30.3 Å². The first-order chi connectivity index (χ1) is 14.8. The molecule has 0 aliphatic heterocycles. The average molecular weight is 423 g/mol. The highest BCUT2D eigenvalue weighted by molar-refractivity contribution is 6.07. The van der Waals surface area contributed by atoms with Crippen molar-refractivity contribution >= 4 is 23.2 Å². The van der Waals surface area contributed by atoms with Crippen LogP contribution in [0.3, 0.4) is 0 Å². The number of anilines is 2. The first-order valence-electron chi connectivity index (χ1n) is 9.70. The number of rotatable bonds is 7. The van der Waals surface area contributed by atoms with Crippen molar-refractivity contribution in [3.63, 3.8) is 0 Å². The third-order valence-corrected chi connectivity index (χ3v) is 4.71. The van der Waals surface area contributed by atoms with Gasteiger partial charge < -0.3 is 24.6 Å². The van der Waals surface area contributed by atoms with E-state index >= 15 is 0 Å². The SMILES string of the molecule is COc1cc(C(=O)Nc2cc(C)ccc2NC(C)=O)ccc1OCc1c(C)noc1C. The number of methoxy groups -OCH3 is 1. The maximum atomic E-state index is 12.8.